The van der Waals surface area contributed by atoms with E-state index in [-0.39, 0.29) is 17.4 Å². The molecule has 168 valence electrons. The van der Waals surface area contributed by atoms with Gasteiger partial charge in [0.2, 0.25) is 0 Å². The van der Waals surface area contributed by atoms with E-state index >= 15 is 0 Å². The van der Waals surface area contributed by atoms with Gasteiger partial charge in [0.15, 0.2) is 0 Å². The molecule has 0 saturated heterocycles. The van der Waals surface area contributed by atoms with Crippen LogP contribution in [0.5, 0.6) is 11.5 Å². The number of anilines is 2. The summed E-state index contributed by atoms with van der Waals surface area (Å²) in [6, 6.07) is 19.3. The molecule has 4 rings (SSSR count). The molecular formula is C26H23FN2O4. The zero-order chi connectivity index (χ0) is 23.5. The molecule has 2 amide bonds. The maximum absolute atomic E-state index is 13.5. The third-order valence-electron chi connectivity index (χ3n) is 5.04. The summed E-state index contributed by atoms with van der Waals surface area (Å²) in [6.07, 6.45) is 0.0278. The van der Waals surface area contributed by atoms with Gasteiger partial charge in [-0.05, 0) is 67.9 Å². The fourth-order valence-corrected chi connectivity index (χ4v) is 3.60. The lowest BCUT2D eigenvalue weighted by Crippen LogP contribution is -2.32. The highest BCUT2D eigenvalue weighted by molar-refractivity contribution is 6.46. The third-order valence-corrected chi connectivity index (χ3v) is 5.04. The number of halogens is 1. The minimum Gasteiger partial charge on any atom is -0.495 e. The minimum atomic E-state index is -0.536. The van der Waals surface area contributed by atoms with Crippen LogP contribution in [0, 0.1) is 5.82 Å². The number of nitrogens with zero attached hydrogens (tertiary/aromatic N) is 1. The highest BCUT2D eigenvalue weighted by Crippen LogP contribution is 2.37. The first-order chi connectivity index (χ1) is 15.9. The standard InChI is InChI=1S/C26H23FN2O4/c1-16(2)33-20-14-12-19(13-15-20)28-24-23(17-8-10-18(27)11-9-17)25(30)29(26(24)31)21-6-4-5-7-22(21)32-3/h4-16,28H,1-3H3. The Morgan fingerprint density at radius 3 is 2.18 bits per heavy atom. The Balaban J connectivity index is 1.76. The summed E-state index contributed by atoms with van der Waals surface area (Å²) in [4.78, 5) is 28.0. The third kappa shape index (κ3) is 4.43. The Morgan fingerprint density at radius 1 is 0.879 bits per heavy atom. The molecule has 0 saturated carbocycles. The molecule has 0 atom stereocenters. The first-order valence-corrected chi connectivity index (χ1v) is 10.4. The van der Waals surface area contributed by atoms with Crippen molar-refractivity contribution in [2.24, 2.45) is 0 Å². The maximum atomic E-state index is 13.5. The number of hydrogen-bond acceptors (Lipinski definition) is 5. The van der Waals surface area contributed by atoms with Crippen molar-refractivity contribution in [1.29, 1.82) is 0 Å². The van der Waals surface area contributed by atoms with Gasteiger partial charge in [-0.25, -0.2) is 9.29 Å². The van der Waals surface area contributed by atoms with Crippen molar-refractivity contribution >= 4 is 28.8 Å². The van der Waals surface area contributed by atoms with Gasteiger partial charge in [-0.2, -0.15) is 0 Å². The van der Waals surface area contributed by atoms with Crippen LogP contribution in [0.25, 0.3) is 5.57 Å². The number of benzene rings is 3. The number of imide groups is 1. The van der Waals surface area contributed by atoms with Gasteiger partial charge in [0.05, 0.1) is 24.5 Å². The van der Waals surface area contributed by atoms with Gasteiger partial charge in [0.25, 0.3) is 11.8 Å². The number of rotatable bonds is 7. The molecule has 0 unspecified atom stereocenters. The lowest BCUT2D eigenvalue weighted by molar-refractivity contribution is -0.120. The lowest BCUT2D eigenvalue weighted by Gasteiger charge is -2.18. The summed E-state index contributed by atoms with van der Waals surface area (Å²) in [5, 5.41) is 3.08. The summed E-state index contributed by atoms with van der Waals surface area (Å²) in [6.45, 7) is 3.86. The Hall–Kier alpha value is -4.13. The first-order valence-electron chi connectivity index (χ1n) is 10.4. The predicted molar refractivity (Wildman–Crippen MR) is 125 cm³/mol. The smallest absolute Gasteiger partial charge is 0.282 e. The number of amides is 2. The molecule has 1 heterocycles. The number of hydrogen-bond donors (Lipinski definition) is 1. The molecule has 7 heteroatoms. The van der Waals surface area contributed by atoms with Gasteiger partial charge in [-0.3, -0.25) is 9.59 Å². The second-order valence-electron chi connectivity index (χ2n) is 7.69. The van der Waals surface area contributed by atoms with Crippen LogP contribution < -0.4 is 19.7 Å². The predicted octanol–water partition coefficient (Wildman–Crippen LogP) is 5.02. The number of para-hydroxylation sites is 2. The van der Waals surface area contributed by atoms with Gasteiger partial charge < -0.3 is 14.8 Å². The Morgan fingerprint density at radius 2 is 1.55 bits per heavy atom. The van der Waals surface area contributed by atoms with E-state index in [0.29, 0.717) is 28.4 Å². The highest BCUT2D eigenvalue weighted by Gasteiger charge is 2.41. The molecule has 1 aliphatic heterocycles. The van der Waals surface area contributed by atoms with E-state index in [9.17, 15) is 14.0 Å². The van der Waals surface area contributed by atoms with Gasteiger partial charge in [0.1, 0.15) is 23.0 Å². The van der Waals surface area contributed by atoms with E-state index < -0.39 is 17.6 Å². The first kappa shape index (κ1) is 22.1. The molecular weight excluding hydrogens is 423 g/mol. The summed E-state index contributed by atoms with van der Waals surface area (Å²) in [5.74, 6) is -0.431. The molecule has 3 aromatic carbocycles. The van der Waals surface area contributed by atoms with Crippen LogP contribution in [0.2, 0.25) is 0 Å². The molecule has 0 aliphatic carbocycles. The molecule has 0 aromatic heterocycles. The van der Waals surface area contributed by atoms with Crippen LogP contribution >= 0.6 is 0 Å². The van der Waals surface area contributed by atoms with Crippen molar-refractivity contribution < 1.29 is 23.5 Å². The molecule has 1 N–H and O–H groups in total. The molecule has 0 radical (unpaired) electrons. The number of nitrogens with one attached hydrogen (secondary N) is 1. The highest BCUT2D eigenvalue weighted by atomic mass is 19.1. The number of carbonyl (C=O) groups is 2. The van der Waals surface area contributed by atoms with E-state index in [0.717, 1.165) is 4.90 Å². The SMILES string of the molecule is COc1ccccc1N1C(=O)C(Nc2ccc(OC(C)C)cc2)=C(c2ccc(F)cc2)C1=O. The Bertz CT molecular complexity index is 1220. The fourth-order valence-electron chi connectivity index (χ4n) is 3.60. The second kappa shape index (κ2) is 9.16. The molecule has 3 aromatic rings. The molecule has 33 heavy (non-hydrogen) atoms. The average molecular weight is 446 g/mol. The van der Waals surface area contributed by atoms with Crippen molar-refractivity contribution in [2.75, 3.05) is 17.3 Å². The van der Waals surface area contributed by atoms with Crippen LogP contribution in [0.4, 0.5) is 15.8 Å². The summed E-state index contributed by atoms with van der Waals surface area (Å²) in [5.41, 5.74) is 1.59. The van der Waals surface area contributed by atoms with E-state index in [1.165, 1.54) is 31.4 Å². The van der Waals surface area contributed by atoms with Crippen LogP contribution in [0.15, 0.2) is 78.5 Å². The van der Waals surface area contributed by atoms with E-state index in [4.69, 9.17) is 9.47 Å². The molecule has 0 bridgehead atoms. The quantitative estimate of drug-likeness (QED) is 0.517. The normalized spacial score (nSPS) is 13.7. The Kier molecular flexibility index (Phi) is 6.13. The monoisotopic (exact) mass is 446 g/mol. The summed E-state index contributed by atoms with van der Waals surface area (Å²) in [7, 11) is 1.47. The van der Waals surface area contributed by atoms with Crippen LogP contribution in [-0.2, 0) is 9.59 Å². The molecule has 1 aliphatic rings. The number of methoxy groups -OCH3 is 1. The van der Waals surface area contributed by atoms with Gasteiger partial charge >= 0.3 is 0 Å². The fraction of sp³-hybridized carbons (Fsp3) is 0.154. The van der Waals surface area contributed by atoms with Crippen molar-refractivity contribution in [3.8, 4) is 11.5 Å². The zero-order valence-corrected chi connectivity index (χ0v) is 18.5. The topological polar surface area (TPSA) is 67.9 Å². The van der Waals surface area contributed by atoms with Crippen molar-refractivity contribution in [3.63, 3.8) is 0 Å². The molecule has 0 fully saturated rings. The van der Waals surface area contributed by atoms with Crippen molar-refractivity contribution in [3.05, 3.63) is 89.9 Å². The van der Waals surface area contributed by atoms with E-state index in [2.05, 4.69) is 5.32 Å². The van der Waals surface area contributed by atoms with Gasteiger partial charge in [0, 0.05) is 5.69 Å². The van der Waals surface area contributed by atoms with Gasteiger partial charge in [-0.15, -0.1) is 0 Å². The largest absolute Gasteiger partial charge is 0.495 e. The zero-order valence-electron chi connectivity index (χ0n) is 18.5. The minimum absolute atomic E-state index is 0.0278. The van der Waals surface area contributed by atoms with E-state index in [1.807, 2.05) is 13.8 Å². The average Bonchev–Trinajstić information content (AvgIpc) is 3.04. The number of carbonyl (C=O) groups excluding carboxylic acids is 2. The van der Waals surface area contributed by atoms with Crippen molar-refractivity contribution in [2.45, 2.75) is 20.0 Å². The van der Waals surface area contributed by atoms with E-state index in [1.54, 1.807) is 48.5 Å². The van der Waals surface area contributed by atoms with Crippen LogP contribution in [0.3, 0.4) is 0 Å². The summed E-state index contributed by atoms with van der Waals surface area (Å²) >= 11 is 0. The number of ether oxygens (including phenoxy) is 2. The van der Waals surface area contributed by atoms with Gasteiger partial charge in [-0.1, -0.05) is 24.3 Å². The lowest BCUT2D eigenvalue weighted by atomic mass is 10.0. The molecule has 6 nitrogen and oxygen atoms in total. The summed E-state index contributed by atoms with van der Waals surface area (Å²) < 4.78 is 24.6. The second-order valence-corrected chi connectivity index (χ2v) is 7.69. The van der Waals surface area contributed by atoms with Crippen LogP contribution in [0.1, 0.15) is 19.4 Å². The maximum Gasteiger partial charge on any atom is 0.282 e. The van der Waals surface area contributed by atoms with Crippen molar-refractivity contribution in [1.82, 2.24) is 0 Å². The van der Waals surface area contributed by atoms with Crippen LogP contribution in [-0.4, -0.2) is 25.0 Å². The molecule has 0 spiro atoms. The Labute approximate surface area is 191 Å².